The molecule has 0 saturated carbocycles. The van der Waals surface area contributed by atoms with Gasteiger partial charge in [-0.25, -0.2) is 0 Å². The Morgan fingerprint density at radius 2 is 1.96 bits per heavy atom. The molecule has 0 aromatic rings. The number of hydrogen-bond donors (Lipinski definition) is 0. The number of allylic oxidation sites excluding steroid dienone is 5. The summed E-state index contributed by atoms with van der Waals surface area (Å²) in [5.74, 6) is 0.186. The third kappa shape index (κ3) is 5.57. The highest BCUT2D eigenvalue weighted by atomic mass is 16.6. The smallest absolute Gasteiger partial charge is 0.303 e. The number of hydrogen-bond acceptors (Lipinski definition) is 3. The van der Waals surface area contributed by atoms with Gasteiger partial charge < -0.3 is 9.47 Å². The Kier molecular flexibility index (Phi) is 6.67. The summed E-state index contributed by atoms with van der Waals surface area (Å²) in [5, 5.41) is 0. The van der Waals surface area contributed by atoms with Gasteiger partial charge in [0.25, 0.3) is 0 Å². The average molecular weight is 347 g/mol. The number of epoxide rings is 1. The first-order valence-corrected chi connectivity index (χ1v) is 9.59. The maximum absolute atomic E-state index is 11.7. The number of ether oxygens (including phenoxy) is 2. The molecule has 25 heavy (non-hydrogen) atoms. The van der Waals surface area contributed by atoms with Crippen LogP contribution >= 0.6 is 0 Å². The second-order valence-electron chi connectivity index (χ2n) is 8.13. The van der Waals surface area contributed by atoms with Crippen LogP contribution in [0.2, 0.25) is 0 Å². The van der Waals surface area contributed by atoms with Crippen LogP contribution in [0.4, 0.5) is 0 Å². The molecule has 1 aliphatic heterocycles. The summed E-state index contributed by atoms with van der Waals surface area (Å²) in [6.07, 6.45) is 11.7. The Labute approximate surface area is 153 Å². The number of carbonyl (C=O) groups is 1. The Bertz CT molecular complexity index is 582. The van der Waals surface area contributed by atoms with Crippen LogP contribution in [-0.4, -0.2) is 23.8 Å². The summed E-state index contributed by atoms with van der Waals surface area (Å²) >= 11 is 0. The minimum Gasteiger partial charge on any atom is -0.459 e. The third-order valence-electron chi connectivity index (χ3n) is 5.50. The standard InChI is InChI=1S/C22H34O3/c1-15(2)19-12-10-16(3)8-7-9-17(4)11-13-20-22(6,25-20)21(14-19)24-18(5)23/h9-10,12,15,20-21H,7-8,11,13-14H2,1-6H3/b16-10+,17-9-,19-12+. The lowest BCUT2D eigenvalue weighted by Gasteiger charge is -2.24. The first-order chi connectivity index (χ1) is 11.7. The predicted molar refractivity (Wildman–Crippen MR) is 102 cm³/mol. The summed E-state index contributed by atoms with van der Waals surface area (Å²) in [6.45, 7) is 12.4. The van der Waals surface area contributed by atoms with Gasteiger partial charge in [-0.2, -0.15) is 0 Å². The zero-order valence-electron chi connectivity index (χ0n) is 16.7. The lowest BCUT2D eigenvalue weighted by atomic mass is 9.87. The van der Waals surface area contributed by atoms with Gasteiger partial charge in [0.05, 0.1) is 6.10 Å². The van der Waals surface area contributed by atoms with Crippen molar-refractivity contribution in [2.24, 2.45) is 5.92 Å². The van der Waals surface area contributed by atoms with Crippen molar-refractivity contribution >= 4 is 5.97 Å². The lowest BCUT2D eigenvalue weighted by molar-refractivity contribution is -0.149. The lowest BCUT2D eigenvalue weighted by Crippen LogP contribution is -2.34. The van der Waals surface area contributed by atoms with Crippen molar-refractivity contribution in [1.29, 1.82) is 0 Å². The molecule has 0 amide bonds. The van der Waals surface area contributed by atoms with Crippen molar-refractivity contribution in [3.05, 3.63) is 34.9 Å². The fourth-order valence-corrected chi connectivity index (χ4v) is 3.51. The van der Waals surface area contributed by atoms with E-state index < -0.39 is 0 Å². The maximum atomic E-state index is 11.7. The molecule has 2 aliphatic rings. The molecule has 0 N–H and O–H groups in total. The molecule has 0 aromatic heterocycles. The van der Waals surface area contributed by atoms with Gasteiger partial charge in [0.1, 0.15) is 11.7 Å². The Hall–Kier alpha value is -1.35. The van der Waals surface area contributed by atoms with Gasteiger partial charge in [-0.3, -0.25) is 4.79 Å². The van der Waals surface area contributed by atoms with Crippen LogP contribution in [0.3, 0.4) is 0 Å². The molecule has 0 radical (unpaired) electrons. The molecular formula is C22H34O3. The molecule has 3 unspecified atom stereocenters. The van der Waals surface area contributed by atoms with Crippen LogP contribution in [-0.2, 0) is 14.3 Å². The molecule has 1 saturated heterocycles. The minimum atomic E-state index is -0.358. The molecule has 3 heteroatoms. The van der Waals surface area contributed by atoms with Crippen molar-refractivity contribution in [2.45, 2.75) is 91.5 Å². The average Bonchev–Trinajstić information content (AvgIpc) is 3.18. The van der Waals surface area contributed by atoms with Crippen LogP contribution in [0.1, 0.15) is 73.6 Å². The molecule has 3 nitrogen and oxygen atoms in total. The van der Waals surface area contributed by atoms with Crippen LogP contribution in [0.25, 0.3) is 0 Å². The predicted octanol–water partition coefficient (Wildman–Crippen LogP) is 5.51. The topological polar surface area (TPSA) is 38.8 Å². The molecule has 0 aromatic carbocycles. The molecule has 0 bridgehead atoms. The largest absolute Gasteiger partial charge is 0.459 e. The summed E-state index contributed by atoms with van der Waals surface area (Å²) in [4.78, 5) is 11.7. The van der Waals surface area contributed by atoms with E-state index in [1.165, 1.54) is 23.6 Å². The number of carbonyl (C=O) groups excluding carboxylic acids is 1. The van der Waals surface area contributed by atoms with Gasteiger partial charge >= 0.3 is 5.97 Å². The van der Waals surface area contributed by atoms with Crippen molar-refractivity contribution < 1.29 is 14.3 Å². The molecule has 1 aliphatic carbocycles. The number of fused-ring (bicyclic) bond motifs is 1. The van der Waals surface area contributed by atoms with Crippen molar-refractivity contribution in [3.8, 4) is 0 Å². The van der Waals surface area contributed by atoms with Gasteiger partial charge in [-0.15, -0.1) is 0 Å². The Balaban J connectivity index is 2.30. The van der Waals surface area contributed by atoms with E-state index >= 15 is 0 Å². The fraction of sp³-hybridized carbons (Fsp3) is 0.682. The highest BCUT2D eigenvalue weighted by Crippen LogP contribution is 2.46. The number of esters is 1. The van der Waals surface area contributed by atoms with Crippen molar-refractivity contribution in [2.75, 3.05) is 0 Å². The van der Waals surface area contributed by atoms with Crippen LogP contribution in [0.5, 0.6) is 0 Å². The van der Waals surface area contributed by atoms with E-state index in [4.69, 9.17) is 9.47 Å². The highest BCUT2D eigenvalue weighted by Gasteiger charge is 2.58. The van der Waals surface area contributed by atoms with Gasteiger partial charge in [0, 0.05) is 13.3 Å². The summed E-state index contributed by atoms with van der Waals surface area (Å²) in [5.41, 5.74) is 3.76. The molecule has 2 rings (SSSR count). The minimum absolute atomic E-state index is 0.175. The zero-order valence-corrected chi connectivity index (χ0v) is 16.7. The van der Waals surface area contributed by atoms with Crippen LogP contribution in [0, 0.1) is 5.92 Å². The fourth-order valence-electron chi connectivity index (χ4n) is 3.51. The van der Waals surface area contributed by atoms with Crippen molar-refractivity contribution in [3.63, 3.8) is 0 Å². The summed E-state index contributed by atoms with van der Waals surface area (Å²) in [7, 11) is 0. The SMILES string of the molecule is CC(=O)OC1C/C(C(C)C)=C\C=C(/C)CC/C=C(/C)CCC2OC12C. The first kappa shape index (κ1) is 20.0. The van der Waals surface area contributed by atoms with Gasteiger partial charge in [-0.05, 0) is 52.4 Å². The molecule has 140 valence electrons. The van der Waals surface area contributed by atoms with Crippen LogP contribution in [0.15, 0.2) is 34.9 Å². The molecule has 0 spiro atoms. The second kappa shape index (κ2) is 8.35. The van der Waals surface area contributed by atoms with E-state index in [1.807, 2.05) is 0 Å². The Morgan fingerprint density at radius 1 is 1.24 bits per heavy atom. The second-order valence-corrected chi connectivity index (χ2v) is 8.13. The summed E-state index contributed by atoms with van der Waals surface area (Å²) < 4.78 is 11.7. The molecular weight excluding hydrogens is 312 g/mol. The van der Waals surface area contributed by atoms with E-state index in [0.29, 0.717) is 5.92 Å². The van der Waals surface area contributed by atoms with E-state index in [9.17, 15) is 4.79 Å². The normalized spacial score (nSPS) is 37.5. The maximum Gasteiger partial charge on any atom is 0.303 e. The molecule has 1 fully saturated rings. The highest BCUT2D eigenvalue weighted by molar-refractivity contribution is 5.66. The monoisotopic (exact) mass is 346 g/mol. The third-order valence-corrected chi connectivity index (χ3v) is 5.50. The van der Waals surface area contributed by atoms with Crippen LogP contribution < -0.4 is 0 Å². The van der Waals surface area contributed by atoms with E-state index in [1.54, 1.807) is 0 Å². The first-order valence-electron chi connectivity index (χ1n) is 9.59. The van der Waals surface area contributed by atoms with E-state index in [0.717, 1.165) is 32.1 Å². The zero-order chi connectivity index (χ0) is 18.6. The quantitative estimate of drug-likeness (QED) is 0.376. The van der Waals surface area contributed by atoms with E-state index in [2.05, 4.69) is 52.8 Å². The Morgan fingerprint density at radius 3 is 2.60 bits per heavy atom. The van der Waals surface area contributed by atoms with Gasteiger partial charge in [-0.1, -0.05) is 48.8 Å². The molecule has 1 heterocycles. The summed E-state index contributed by atoms with van der Waals surface area (Å²) in [6, 6.07) is 0. The van der Waals surface area contributed by atoms with E-state index in [-0.39, 0.29) is 23.8 Å². The molecule has 3 atom stereocenters. The van der Waals surface area contributed by atoms with Crippen molar-refractivity contribution in [1.82, 2.24) is 0 Å². The van der Waals surface area contributed by atoms with Gasteiger partial charge in [0.15, 0.2) is 0 Å². The van der Waals surface area contributed by atoms with Gasteiger partial charge in [0.2, 0.25) is 0 Å². The number of rotatable bonds is 2.